The van der Waals surface area contributed by atoms with Crippen LogP contribution in [0, 0.1) is 0 Å². The highest BCUT2D eigenvalue weighted by molar-refractivity contribution is 9.10. The van der Waals surface area contributed by atoms with Crippen molar-refractivity contribution in [1.82, 2.24) is 9.66 Å². The number of imidazole rings is 1. The fourth-order valence-corrected chi connectivity index (χ4v) is 2.97. The van der Waals surface area contributed by atoms with E-state index in [4.69, 9.17) is 21.1 Å². The van der Waals surface area contributed by atoms with Crippen molar-refractivity contribution >= 4 is 21.7 Å². The van der Waals surface area contributed by atoms with Gasteiger partial charge in [0, 0.05) is 11.5 Å². The van der Waals surface area contributed by atoms with Crippen LogP contribution >= 0.6 is 15.9 Å². The summed E-state index contributed by atoms with van der Waals surface area (Å²) < 4.78 is 13.1. The summed E-state index contributed by atoms with van der Waals surface area (Å²) in [7, 11) is 0. The molecule has 1 saturated carbocycles. The number of benzene rings is 1. The van der Waals surface area contributed by atoms with Gasteiger partial charge in [-0.15, -0.1) is 0 Å². The predicted octanol–water partition coefficient (Wildman–Crippen LogP) is 2.21. The van der Waals surface area contributed by atoms with Crippen molar-refractivity contribution in [3.05, 3.63) is 22.4 Å². The summed E-state index contributed by atoms with van der Waals surface area (Å²) in [5.74, 6) is 9.15. The smallest absolute Gasteiger partial charge is 0.231 e. The lowest BCUT2D eigenvalue weighted by Gasteiger charge is -2.04. The van der Waals surface area contributed by atoms with Crippen LogP contribution in [0.1, 0.15) is 24.6 Å². The highest BCUT2D eigenvalue weighted by atomic mass is 79.9. The van der Waals surface area contributed by atoms with E-state index in [9.17, 15) is 0 Å². The summed E-state index contributed by atoms with van der Waals surface area (Å²) >= 11 is 3.47. The Labute approximate surface area is 123 Å². The third kappa shape index (κ3) is 1.66. The van der Waals surface area contributed by atoms with Crippen LogP contribution in [0.4, 0.5) is 5.82 Å². The molecule has 0 atom stereocenters. The molecule has 1 aromatic carbocycles. The Balaban J connectivity index is 1.85. The van der Waals surface area contributed by atoms with Crippen LogP contribution in [0.3, 0.4) is 0 Å². The van der Waals surface area contributed by atoms with Gasteiger partial charge in [-0.05, 0) is 40.9 Å². The molecule has 104 valence electrons. The van der Waals surface area contributed by atoms with Crippen LogP contribution < -0.4 is 21.1 Å². The second kappa shape index (κ2) is 4.05. The van der Waals surface area contributed by atoms with Crippen molar-refractivity contribution in [2.24, 2.45) is 0 Å². The Bertz CT molecular complexity index is 709. The molecule has 1 aliphatic carbocycles. The number of hydrogen-bond donors (Lipinski definition) is 2. The normalized spacial score (nSPS) is 16.6. The number of nitrogens with two attached hydrogens (primary N) is 2. The van der Waals surface area contributed by atoms with Gasteiger partial charge in [-0.25, -0.2) is 9.66 Å². The Morgan fingerprint density at radius 3 is 2.85 bits per heavy atom. The summed E-state index contributed by atoms with van der Waals surface area (Å²) in [6.07, 6.45) is 2.25. The van der Waals surface area contributed by atoms with Gasteiger partial charge in [0.2, 0.25) is 6.79 Å². The first-order valence-electron chi connectivity index (χ1n) is 6.38. The topological polar surface area (TPSA) is 88.3 Å². The number of fused-ring (bicyclic) bond motifs is 1. The number of anilines is 1. The maximum atomic E-state index is 6.08. The summed E-state index contributed by atoms with van der Waals surface area (Å²) in [4.78, 5) is 4.60. The molecule has 0 amide bonds. The molecule has 2 heterocycles. The second-order valence-electron chi connectivity index (χ2n) is 5.04. The largest absolute Gasteiger partial charge is 0.454 e. The minimum absolute atomic E-state index is 0.228. The third-order valence-corrected chi connectivity index (χ3v) is 4.21. The van der Waals surface area contributed by atoms with Crippen molar-refractivity contribution in [1.29, 1.82) is 0 Å². The number of nitrogens with zero attached hydrogens (tertiary/aromatic N) is 2. The SMILES string of the molecule is Nc1c(-c2cc(Br)c3c(c2)OCO3)nc(C2CC2)n1N. The second-order valence-corrected chi connectivity index (χ2v) is 5.89. The molecule has 4 rings (SSSR count). The highest BCUT2D eigenvalue weighted by Gasteiger charge is 2.31. The Morgan fingerprint density at radius 1 is 1.30 bits per heavy atom. The molecule has 1 aliphatic heterocycles. The lowest BCUT2D eigenvalue weighted by atomic mass is 10.1. The zero-order valence-corrected chi connectivity index (χ0v) is 12.2. The van der Waals surface area contributed by atoms with E-state index < -0.39 is 0 Å². The van der Waals surface area contributed by atoms with Gasteiger partial charge in [-0.2, -0.15) is 0 Å². The van der Waals surface area contributed by atoms with Crippen molar-refractivity contribution in [2.45, 2.75) is 18.8 Å². The van der Waals surface area contributed by atoms with Gasteiger partial charge in [0.15, 0.2) is 17.3 Å². The molecule has 6 nitrogen and oxygen atoms in total. The van der Waals surface area contributed by atoms with Gasteiger partial charge < -0.3 is 21.1 Å². The van der Waals surface area contributed by atoms with Gasteiger partial charge in [0.05, 0.1) is 4.47 Å². The number of ether oxygens (including phenoxy) is 2. The van der Waals surface area contributed by atoms with E-state index in [0.717, 1.165) is 28.7 Å². The minimum Gasteiger partial charge on any atom is -0.454 e. The molecule has 4 N–H and O–H groups in total. The van der Waals surface area contributed by atoms with Crippen molar-refractivity contribution < 1.29 is 9.47 Å². The van der Waals surface area contributed by atoms with Crippen molar-refractivity contribution in [2.75, 3.05) is 18.4 Å². The molecule has 7 heteroatoms. The third-order valence-electron chi connectivity index (χ3n) is 3.62. The summed E-state index contributed by atoms with van der Waals surface area (Å²) in [6.45, 7) is 0.228. The Hall–Kier alpha value is -1.89. The molecule has 20 heavy (non-hydrogen) atoms. The van der Waals surface area contributed by atoms with Crippen LogP contribution in [0.2, 0.25) is 0 Å². The number of nitrogen functional groups attached to an aromatic ring is 2. The lowest BCUT2D eigenvalue weighted by Crippen LogP contribution is -2.14. The zero-order valence-electron chi connectivity index (χ0n) is 10.6. The first-order chi connectivity index (χ1) is 9.65. The first kappa shape index (κ1) is 11.9. The van der Waals surface area contributed by atoms with Gasteiger partial charge in [0.25, 0.3) is 0 Å². The van der Waals surface area contributed by atoms with Crippen molar-refractivity contribution in [3.8, 4) is 22.8 Å². The molecular weight excluding hydrogens is 324 g/mol. The lowest BCUT2D eigenvalue weighted by molar-refractivity contribution is 0.173. The molecule has 0 radical (unpaired) electrons. The zero-order chi connectivity index (χ0) is 13.9. The fourth-order valence-electron chi connectivity index (χ4n) is 2.41. The molecular formula is C13H13BrN4O2. The molecule has 0 saturated heterocycles. The molecule has 1 fully saturated rings. The average Bonchev–Trinajstić information content (AvgIpc) is 3.07. The van der Waals surface area contributed by atoms with Crippen LogP contribution in [0.25, 0.3) is 11.3 Å². The minimum atomic E-state index is 0.228. The monoisotopic (exact) mass is 336 g/mol. The predicted molar refractivity (Wildman–Crippen MR) is 78.0 cm³/mol. The number of rotatable bonds is 2. The number of hydrogen-bond acceptors (Lipinski definition) is 5. The number of aromatic nitrogens is 2. The molecule has 0 bridgehead atoms. The summed E-state index contributed by atoms with van der Waals surface area (Å²) in [5, 5.41) is 0. The van der Waals surface area contributed by atoms with Gasteiger partial charge in [-0.1, -0.05) is 0 Å². The first-order valence-corrected chi connectivity index (χ1v) is 7.17. The van der Waals surface area contributed by atoms with E-state index in [-0.39, 0.29) is 6.79 Å². The fraction of sp³-hybridized carbons (Fsp3) is 0.308. The maximum absolute atomic E-state index is 6.08. The van der Waals surface area contributed by atoms with E-state index >= 15 is 0 Å². The highest BCUT2D eigenvalue weighted by Crippen LogP contribution is 2.45. The van der Waals surface area contributed by atoms with Crippen LogP contribution in [0.5, 0.6) is 11.5 Å². The molecule has 0 unspecified atom stereocenters. The van der Waals surface area contributed by atoms with Gasteiger partial charge in [0.1, 0.15) is 11.5 Å². The molecule has 2 aliphatic rings. The Morgan fingerprint density at radius 2 is 2.10 bits per heavy atom. The van der Waals surface area contributed by atoms with Gasteiger partial charge in [-0.3, -0.25) is 0 Å². The van der Waals surface area contributed by atoms with E-state index in [1.165, 1.54) is 4.68 Å². The van der Waals surface area contributed by atoms with E-state index in [0.29, 0.717) is 28.9 Å². The van der Waals surface area contributed by atoms with Crippen LogP contribution in [0.15, 0.2) is 16.6 Å². The van der Waals surface area contributed by atoms with Crippen molar-refractivity contribution in [3.63, 3.8) is 0 Å². The van der Waals surface area contributed by atoms with Gasteiger partial charge >= 0.3 is 0 Å². The van der Waals surface area contributed by atoms with E-state index in [1.54, 1.807) is 0 Å². The maximum Gasteiger partial charge on any atom is 0.231 e. The summed E-state index contributed by atoms with van der Waals surface area (Å²) in [5.41, 5.74) is 7.64. The summed E-state index contributed by atoms with van der Waals surface area (Å²) in [6, 6.07) is 3.80. The molecule has 2 aromatic rings. The molecule has 1 aromatic heterocycles. The standard InChI is InChI=1S/C13H13BrN4O2/c14-8-3-7(4-9-11(8)20-5-19-9)10-12(15)18(16)13(17-10)6-1-2-6/h3-4,6H,1-2,5,15-16H2. The average molecular weight is 337 g/mol. The Kier molecular flexibility index (Phi) is 2.41. The molecule has 0 spiro atoms. The van der Waals surface area contributed by atoms with Crippen LogP contribution in [-0.2, 0) is 0 Å². The van der Waals surface area contributed by atoms with Crippen LogP contribution in [-0.4, -0.2) is 16.5 Å². The van der Waals surface area contributed by atoms with E-state index in [1.807, 2.05) is 12.1 Å². The number of halogens is 1. The quantitative estimate of drug-likeness (QED) is 0.821. The van der Waals surface area contributed by atoms with E-state index in [2.05, 4.69) is 20.9 Å².